The molecule has 5 nitrogen and oxygen atoms in total. The molecule has 94 valence electrons. The number of carboxylic acids is 1. The second kappa shape index (κ2) is 6.77. The Kier molecular flexibility index (Phi) is 5.66. The van der Waals surface area contributed by atoms with Gasteiger partial charge in [-0.2, -0.15) is 0 Å². The van der Waals surface area contributed by atoms with Crippen molar-refractivity contribution < 1.29 is 24.5 Å². The number of hydrogen-bond donors (Lipinski definition) is 2. The van der Waals surface area contributed by atoms with Gasteiger partial charge in [-0.15, -0.1) is 0 Å². The number of ether oxygens (including phenoxy) is 2. The van der Waals surface area contributed by atoms with Crippen LogP contribution in [0.4, 0.5) is 0 Å². The van der Waals surface area contributed by atoms with Crippen LogP contribution in [0.25, 0.3) is 0 Å². The van der Waals surface area contributed by atoms with E-state index in [2.05, 4.69) is 22.6 Å². The molecular weight excluding hydrogens is 339 g/mol. The Balaban J connectivity index is 2.69. The zero-order chi connectivity index (χ0) is 12.8. The lowest BCUT2D eigenvalue weighted by atomic mass is 10.1. The molecule has 17 heavy (non-hydrogen) atoms. The molecule has 0 aliphatic heterocycles. The summed E-state index contributed by atoms with van der Waals surface area (Å²) in [6.07, 6.45) is -0.904. The molecule has 1 atom stereocenters. The smallest absolute Gasteiger partial charge is 0.329 e. The summed E-state index contributed by atoms with van der Waals surface area (Å²) in [6, 6.07) is 5.37. The zero-order valence-electron chi connectivity index (χ0n) is 9.22. The van der Waals surface area contributed by atoms with Crippen LogP contribution in [0.3, 0.4) is 0 Å². The van der Waals surface area contributed by atoms with Crippen molar-refractivity contribution in [1.82, 2.24) is 0 Å². The molecule has 1 rings (SSSR count). The predicted molar refractivity (Wildman–Crippen MR) is 69.1 cm³/mol. The molecule has 1 aromatic rings. The van der Waals surface area contributed by atoms with Crippen LogP contribution in [0.5, 0.6) is 5.75 Å². The Bertz CT molecular complexity index is 393. The molecule has 0 spiro atoms. The lowest BCUT2D eigenvalue weighted by molar-refractivity contribution is -0.143. The highest BCUT2D eigenvalue weighted by Gasteiger charge is 2.14. The van der Waals surface area contributed by atoms with Crippen molar-refractivity contribution in [2.75, 3.05) is 20.3 Å². The summed E-state index contributed by atoms with van der Waals surface area (Å²) >= 11 is 2.12. The van der Waals surface area contributed by atoms with Gasteiger partial charge in [0.1, 0.15) is 18.5 Å². The molecule has 0 saturated carbocycles. The average Bonchev–Trinajstić information content (AvgIpc) is 2.28. The van der Waals surface area contributed by atoms with Crippen LogP contribution in [0.15, 0.2) is 18.2 Å². The van der Waals surface area contributed by atoms with Crippen LogP contribution in [-0.2, 0) is 9.53 Å². The first-order chi connectivity index (χ1) is 8.04. The third-order valence-corrected chi connectivity index (χ3v) is 2.72. The number of carbonyl (C=O) groups is 1. The molecule has 0 bridgehead atoms. The van der Waals surface area contributed by atoms with Gasteiger partial charge < -0.3 is 19.7 Å². The first-order valence-corrected chi connectivity index (χ1v) is 5.93. The standard InChI is InChI=1S/C11H13IO5/c1-16-10-3-2-7(12)4-8(10)9(13)5-17-6-11(14)15/h2-4,9,13H,5-6H2,1H3,(H,14,15). The fourth-order valence-electron chi connectivity index (χ4n) is 1.31. The molecule has 0 aliphatic rings. The number of hydrogen-bond acceptors (Lipinski definition) is 4. The summed E-state index contributed by atoms with van der Waals surface area (Å²) in [5.41, 5.74) is 0.588. The van der Waals surface area contributed by atoms with Crippen LogP contribution in [-0.4, -0.2) is 36.5 Å². The van der Waals surface area contributed by atoms with Crippen molar-refractivity contribution in [3.05, 3.63) is 27.3 Å². The van der Waals surface area contributed by atoms with E-state index in [1.807, 2.05) is 6.07 Å². The number of aliphatic hydroxyl groups excluding tert-OH is 1. The summed E-state index contributed by atoms with van der Waals surface area (Å²) < 4.78 is 10.9. The van der Waals surface area contributed by atoms with Crippen molar-refractivity contribution in [3.63, 3.8) is 0 Å². The van der Waals surface area contributed by atoms with Gasteiger partial charge >= 0.3 is 5.97 Å². The summed E-state index contributed by atoms with van der Waals surface area (Å²) in [6.45, 7) is -0.508. The number of aliphatic carboxylic acids is 1. The van der Waals surface area contributed by atoms with Gasteiger partial charge in [0.25, 0.3) is 0 Å². The molecule has 0 aliphatic carbocycles. The molecule has 0 aromatic heterocycles. The summed E-state index contributed by atoms with van der Waals surface area (Å²) in [5, 5.41) is 18.3. The Morgan fingerprint density at radius 3 is 2.82 bits per heavy atom. The fraction of sp³-hybridized carbons (Fsp3) is 0.364. The highest BCUT2D eigenvalue weighted by Crippen LogP contribution is 2.27. The molecule has 0 saturated heterocycles. The Morgan fingerprint density at radius 1 is 1.53 bits per heavy atom. The molecule has 1 aromatic carbocycles. The number of aliphatic hydroxyl groups is 1. The first-order valence-electron chi connectivity index (χ1n) is 4.85. The van der Waals surface area contributed by atoms with E-state index in [1.54, 1.807) is 12.1 Å². The van der Waals surface area contributed by atoms with Gasteiger partial charge in [0.2, 0.25) is 0 Å². The minimum atomic E-state index is -1.06. The fourth-order valence-corrected chi connectivity index (χ4v) is 1.83. The van der Waals surface area contributed by atoms with Gasteiger partial charge in [-0.25, -0.2) is 4.79 Å². The summed E-state index contributed by atoms with van der Waals surface area (Å²) in [4.78, 5) is 10.3. The molecule has 6 heteroatoms. The molecule has 0 radical (unpaired) electrons. The minimum Gasteiger partial charge on any atom is -0.496 e. The molecule has 2 N–H and O–H groups in total. The van der Waals surface area contributed by atoms with E-state index in [0.717, 1.165) is 3.57 Å². The van der Waals surface area contributed by atoms with Crippen molar-refractivity contribution in [3.8, 4) is 5.75 Å². The monoisotopic (exact) mass is 352 g/mol. The Labute approximate surface area is 112 Å². The van der Waals surface area contributed by atoms with Gasteiger partial charge in [0.05, 0.1) is 13.7 Å². The van der Waals surface area contributed by atoms with E-state index in [4.69, 9.17) is 14.6 Å². The van der Waals surface area contributed by atoms with Gasteiger partial charge in [0, 0.05) is 9.13 Å². The largest absolute Gasteiger partial charge is 0.496 e. The molecule has 1 unspecified atom stereocenters. The maximum atomic E-state index is 10.3. The molecular formula is C11H13IO5. The third kappa shape index (κ3) is 4.49. The lowest BCUT2D eigenvalue weighted by Crippen LogP contribution is -2.13. The normalized spacial score (nSPS) is 12.2. The first kappa shape index (κ1) is 14.2. The quantitative estimate of drug-likeness (QED) is 0.758. The van der Waals surface area contributed by atoms with Gasteiger partial charge in [-0.05, 0) is 40.8 Å². The van der Waals surface area contributed by atoms with E-state index in [-0.39, 0.29) is 6.61 Å². The SMILES string of the molecule is COc1ccc(I)cc1C(O)COCC(=O)O. The number of rotatable bonds is 6. The predicted octanol–water partition coefficient (Wildman–Crippen LogP) is 1.43. The van der Waals surface area contributed by atoms with Crippen molar-refractivity contribution in [1.29, 1.82) is 0 Å². The van der Waals surface area contributed by atoms with Crippen LogP contribution >= 0.6 is 22.6 Å². The molecule has 0 fully saturated rings. The molecule has 0 heterocycles. The second-order valence-corrected chi connectivity index (χ2v) is 4.56. The van der Waals surface area contributed by atoms with E-state index in [0.29, 0.717) is 11.3 Å². The van der Waals surface area contributed by atoms with Gasteiger partial charge in [-0.3, -0.25) is 0 Å². The van der Waals surface area contributed by atoms with Crippen molar-refractivity contribution >= 4 is 28.6 Å². The Hall–Kier alpha value is -0.860. The zero-order valence-corrected chi connectivity index (χ0v) is 11.4. The van der Waals surface area contributed by atoms with Crippen LogP contribution in [0.2, 0.25) is 0 Å². The summed E-state index contributed by atoms with van der Waals surface area (Å²) in [7, 11) is 1.51. The minimum absolute atomic E-state index is 0.0806. The van der Waals surface area contributed by atoms with Crippen LogP contribution in [0, 0.1) is 3.57 Å². The van der Waals surface area contributed by atoms with E-state index in [1.165, 1.54) is 7.11 Å². The topological polar surface area (TPSA) is 76.0 Å². The molecule has 0 amide bonds. The van der Waals surface area contributed by atoms with Crippen LogP contribution < -0.4 is 4.74 Å². The van der Waals surface area contributed by atoms with E-state index in [9.17, 15) is 9.90 Å². The van der Waals surface area contributed by atoms with Crippen LogP contribution in [0.1, 0.15) is 11.7 Å². The third-order valence-electron chi connectivity index (χ3n) is 2.05. The van der Waals surface area contributed by atoms with E-state index < -0.39 is 18.7 Å². The van der Waals surface area contributed by atoms with Crippen molar-refractivity contribution in [2.24, 2.45) is 0 Å². The summed E-state index contributed by atoms with van der Waals surface area (Å²) in [5.74, 6) is -0.511. The van der Waals surface area contributed by atoms with Gasteiger partial charge in [-0.1, -0.05) is 0 Å². The Morgan fingerprint density at radius 2 is 2.24 bits per heavy atom. The van der Waals surface area contributed by atoms with Crippen molar-refractivity contribution in [2.45, 2.75) is 6.10 Å². The number of halogens is 1. The van der Waals surface area contributed by atoms with E-state index >= 15 is 0 Å². The number of methoxy groups -OCH3 is 1. The lowest BCUT2D eigenvalue weighted by Gasteiger charge is -2.14. The maximum Gasteiger partial charge on any atom is 0.329 e. The highest BCUT2D eigenvalue weighted by molar-refractivity contribution is 14.1. The number of benzene rings is 1. The number of carboxylic acid groups (broad SMARTS) is 1. The van der Waals surface area contributed by atoms with Gasteiger partial charge in [0.15, 0.2) is 0 Å². The highest BCUT2D eigenvalue weighted by atomic mass is 127. The average molecular weight is 352 g/mol. The second-order valence-electron chi connectivity index (χ2n) is 3.31. The maximum absolute atomic E-state index is 10.3.